The number of anilines is 2. The maximum atomic E-state index is 4.13. The van der Waals surface area contributed by atoms with Gasteiger partial charge < -0.3 is 15.2 Å². The molecule has 2 aromatic rings. The molecule has 0 bridgehead atoms. The van der Waals surface area contributed by atoms with Gasteiger partial charge >= 0.3 is 0 Å². The summed E-state index contributed by atoms with van der Waals surface area (Å²) < 4.78 is 1.90. The Balaban J connectivity index is 1.76. The zero-order valence-corrected chi connectivity index (χ0v) is 11.1. The van der Waals surface area contributed by atoms with Crippen molar-refractivity contribution in [2.75, 3.05) is 30.0 Å². The topological polar surface area (TPSA) is 80.5 Å². The van der Waals surface area contributed by atoms with Gasteiger partial charge in [0, 0.05) is 32.5 Å². The van der Waals surface area contributed by atoms with Crippen LogP contribution in [0.2, 0.25) is 0 Å². The van der Waals surface area contributed by atoms with Crippen LogP contribution in [-0.2, 0) is 7.05 Å². The van der Waals surface area contributed by atoms with Crippen molar-refractivity contribution in [1.82, 2.24) is 24.7 Å². The lowest BCUT2D eigenvalue weighted by Gasteiger charge is -2.06. The van der Waals surface area contributed by atoms with Crippen molar-refractivity contribution in [2.24, 2.45) is 7.05 Å². The maximum Gasteiger partial charge on any atom is 0.190 e. The molecule has 2 N–H and O–H groups in total. The molecule has 18 heavy (non-hydrogen) atoms. The Morgan fingerprint density at radius 2 is 2.17 bits per heavy atom. The summed E-state index contributed by atoms with van der Waals surface area (Å²) in [4.78, 5) is 8.18. The fourth-order valence-corrected chi connectivity index (χ4v) is 2.06. The summed E-state index contributed by atoms with van der Waals surface area (Å²) in [5.41, 5.74) is 0. The van der Waals surface area contributed by atoms with E-state index in [1.807, 2.05) is 24.7 Å². The Morgan fingerprint density at radius 3 is 2.89 bits per heavy atom. The summed E-state index contributed by atoms with van der Waals surface area (Å²) >= 11 is 1.65. The normalized spacial score (nSPS) is 10.3. The second-order valence-electron chi connectivity index (χ2n) is 3.54. The zero-order valence-electron chi connectivity index (χ0n) is 10.3. The SMILES string of the molecule is CNc1cc(NCCSc2nncn2C)ncn1. The summed E-state index contributed by atoms with van der Waals surface area (Å²) in [7, 11) is 3.76. The highest BCUT2D eigenvalue weighted by molar-refractivity contribution is 7.99. The summed E-state index contributed by atoms with van der Waals surface area (Å²) in [5, 5.41) is 14.9. The molecule has 0 spiro atoms. The van der Waals surface area contributed by atoms with Crippen LogP contribution in [0, 0.1) is 0 Å². The molecule has 96 valence electrons. The molecule has 0 atom stereocenters. The predicted octanol–water partition coefficient (Wildman–Crippen LogP) is 0.851. The third-order valence-electron chi connectivity index (χ3n) is 2.23. The molecule has 0 aliphatic rings. The fraction of sp³-hybridized carbons (Fsp3) is 0.400. The minimum atomic E-state index is 0.799. The van der Waals surface area contributed by atoms with Crippen LogP contribution in [0.1, 0.15) is 0 Å². The van der Waals surface area contributed by atoms with Crippen LogP contribution in [0.4, 0.5) is 11.6 Å². The molecule has 8 heteroatoms. The summed E-state index contributed by atoms with van der Waals surface area (Å²) in [5.74, 6) is 2.51. The van der Waals surface area contributed by atoms with E-state index in [2.05, 4.69) is 30.8 Å². The first kappa shape index (κ1) is 12.6. The second-order valence-corrected chi connectivity index (χ2v) is 4.60. The molecule has 7 nitrogen and oxygen atoms in total. The van der Waals surface area contributed by atoms with Crippen LogP contribution in [0.15, 0.2) is 23.9 Å². The van der Waals surface area contributed by atoms with Crippen LogP contribution in [0.3, 0.4) is 0 Å². The lowest BCUT2D eigenvalue weighted by atomic mass is 10.5. The molecule has 2 heterocycles. The molecule has 0 fully saturated rings. The van der Waals surface area contributed by atoms with Crippen molar-refractivity contribution in [2.45, 2.75) is 5.16 Å². The Morgan fingerprint density at radius 1 is 1.33 bits per heavy atom. The lowest BCUT2D eigenvalue weighted by Crippen LogP contribution is -2.07. The van der Waals surface area contributed by atoms with Crippen LogP contribution in [-0.4, -0.2) is 44.1 Å². The summed E-state index contributed by atoms with van der Waals surface area (Å²) in [6.45, 7) is 0.803. The number of nitrogens with one attached hydrogen (secondary N) is 2. The number of thioether (sulfide) groups is 1. The molecule has 0 amide bonds. The molecular weight excluding hydrogens is 250 g/mol. The Kier molecular flexibility index (Phi) is 4.35. The standard InChI is InChI=1S/C10H15N7S/c1-11-8-5-9(14-6-13-8)12-3-4-18-10-16-15-7-17(10)2/h5-7H,3-4H2,1-2H3,(H2,11,12,13,14). The van der Waals surface area contributed by atoms with Gasteiger partial charge in [-0.2, -0.15) is 0 Å². The van der Waals surface area contributed by atoms with E-state index >= 15 is 0 Å². The smallest absolute Gasteiger partial charge is 0.190 e. The van der Waals surface area contributed by atoms with Gasteiger partial charge in [0.2, 0.25) is 0 Å². The number of nitrogens with zero attached hydrogens (tertiary/aromatic N) is 5. The fourth-order valence-electron chi connectivity index (χ4n) is 1.32. The monoisotopic (exact) mass is 265 g/mol. The average molecular weight is 265 g/mol. The number of aromatic nitrogens is 5. The molecular formula is C10H15N7S. The summed E-state index contributed by atoms with van der Waals surface area (Å²) in [6, 6.07) is 1.87. The van der Waals surface area contributed by atoms with Gasteiger partial charge in [-0.05, 0) is 0 Å². The van der Waals surface area contributed by atoms with Crippen molar-refractivity contribution in [3.05, 3.63) is 18.7 Å². The van der Waals surface area contributed by atoms with Gasteiger partial charge in [-0.3, -0.25) is 0 Å². The number of aryl methyl sites for hydroxylation is 1. The van der Waals surface area contributed by atoms with Crippen LogP contribution >= 0.6 is 11.8 Å². The molecule has 2 aromatic heterocycles. The molecule has 0 saturated heterocycles. The molecule has 0 radical (unpaired) electrons. The highest BCUT2D eigenvalue weighted by atomic mass is 32.2. The third kappa shape index (κ3) is 3.33. The van der Waals surface area contributed by atoms with Gasteiger partial charge in [-0.1, -0.05) is 11.8 Å². The molecule has 0 unspecified atom stereocenters. The van der Waals surface area contributed by atoms with Gasteiger partial charge in [0.15, 0.2) is 5.16 Å². The van der Waals surface area contributed by atoms with Gasteiger partial charge in [-0.15, -0.1) is 10.2 Å². The van der Waals surface area contributed by atoms with Crippen molar-refractivity contribution in [3.63, 3.8) is 0 Å². The van der Waals surface area contributed by atoms with Gasteiger partial charge in [0.25, 0.3) is 0 Å². The third-order valence-corrected chi connectivity index (χ3v) is 3.27. The first-order chi connectivity index (χ1) is 8.79. The van der Waals surface area contributed by atoms with E-state index in [4.69, 9.17) is 0 Å². The molecule has 0 saturated carbocycles. The van der Waals surface area contributed by atoms with Gasteiger partial charge in [0.05, 0.1) is 0 Å². The summed E-state index contributed by atoms with van der Waals surface area (Å²) in [6.07, 6.45) is 3.23. The van der Waals surface area contributed by atoms with Crippen molar-refractivity contribution < 1.29 is 0 Å². The van der Waals surface area contributed by atoms with E-state index < -0.39 is 0 Å². The Labute approximate surface area is 109 Å². The number of rotatable bonds is 6. The van der Waals surface area contributed by atoms with E-state index in [0.29, 0.717) is 0 Å². The molecule has 0 aromatic carbocycles. The average Bonchev–Trinajstić information content (AvgIpc) is 2.81. The Hall–Kier alpha value is -1.83. The van der Waals surface area contributed by atoms with E-state index in [1.165, 1.54) is 6.33 Å². The minimum Gasteiger partial charge on any atom is -0.373 e. The maximum absolute atomic E-state index is 4.13. The van der Waals surface area contributed by atoms with Crippen LogP contribution in [0.5, 0.6) is 0 Å². The van der Waals surface area contributed by atoms with Crippen LogP contribution < -0.4 is 10.6 Å². The van der Waals surface area contributed by atoms with E-state index in [-0.39, 0.29) is 0 Å². The van der Waals surface area contributed by atoms with Crippen LogP contribution in [0.25, 0.3) is 0 Å². The Bertz CT molecular complexity index is 498. The number of hydrogen-bond acceptors (Lipinski definition) is 7. The molecule has 2 rings (SSSR count). The zero-order chi connectivity index (χ0) is 12.8. The van der Waals surface area contributed by atoms with Crippen molar-refractivity contribution in [3.8, 4) is 0 Å². The molecule has 0 aliphatic heterocycles. The molecule has 0 aliphatic carbocycles. The van der Waals surface area contributed by atoms with Gasteiger partial charge in [0.1, 0.15) is 24.3 Å². The van der Waals surface area contributed by atoms with Crippen molar-refractivity contribution in [1.29, 1.82) is 0 Å². The largest absolute Gasteiger partial charge is 0.373 e. The van der Waals surface area contributed by atoms with E-state index in [9.17, 15) is 0 Å². The number of hydrogen-bond donors (Lipinski definition) is 2. The van der Waals surface area contributed by atoms with Crippen molar-refractivity contribution >= 4 is 23.4 Å². The van der Waals surface area contributed by atoms with E-state index in [0.717, 1.165) is 29.1 Å². The van der Waals surface area contributed by atoms with Gasteiger partial charge in [-0.25, -0.2) is 9.97 Å². The minimum absolute atomic E-state index is 0.799. The predicted molar refractivity (Wildman–Crippen MR) is 71.8 cm³/mol. The van der Waals surface area contributed by atoms with E-state index in [1.54, 1.807) is 18.1 Å². The highest BCUT2D eigenvalue weighted by Gasteiger charge is 2.01. The lowest BCUT2D eigenvalue weighted by molar-refractivity contribution is 0.788. The highest BCUT2D eigenvalue weighted by Crippen LogP contribution is 2.13. The first-order valence-corrected chi connectivity index (χ1v) is 6.48. The first-order valence-electron chi connectivity index (χ1n) is 5.50. The quantitative estimate of drug-likeness (QED) is 0.592. The second kappa shape index (κ2) is 6.20.